The van der Waals surface area contributed by atoms with Gasteiger partial charge in [0.2, 0.25) is 6.10 Å². The quantitative estimate of drug-likeness (QED) is 0.840. The standard InChI is InChI=1S/C23H27NO5/c1-16-21(29-20-6-4-3-5-19(20)28-16)22(25)24-15-23(11-13-27-14-12-23)17-7-9-18(26-2)10-8-17/h3-10,16,21H,11-15H2,1-2H3,(H,24,25)/t16-,21+/m0/s1. The lowest BCUT2D eigenvalue weighted by Gasteiger charge is -2.39. The number of para-hydroxylation sites is 2. The van der Waals surface area contributed by atoms with E-state index in [0.717, 1.165) is 18.6 Å². The van der Waals surface area contributed by atoms with Crippen molar-refractivity contribution in [2.45, 2.75) is 37.4 Å². The van der Waals surface area contributed by atoms with E-state index in [4.69, 9.17) is 18.9 Å². The Morgan fingerprint density at radius 2 is 1.72 bits per heavy atom. The monoisotopic (exact) mass is 397 g/mol. The Hall–Kier alpha value is -2.73. The highest BCUT2D eigenvalue weighted by atomic mass is 16.6. The summed E-state index contributed by atoms with van der Waals surface area (Å²) in [5, 5.41) is 3.12. The van der Waals surface area contributed by atoms with Crippen LogP contribution in [0.25, 0.3) is 0 Å². The number of fused-ring (bicyclic) bond motifs is 1. The molecule has 6 nitrogen and oxygen atoms in total. The number of ether oxygens (including phenoxy) is 4. The topological polar surface area (TPSA) is 66.0 Å². The second-order valence-corrected chi connectivity index (χ2v) is 7.65. The normalized spacial score (nSPS) is 22.6. The summed E-state index contributed by atoms with van der Waals surface area (Å²) in [6, 6.07) is 15.5. The molecule has 2 aromatic rings. The van der Waals surface area contributed by atoms with Gasteiger partial charge in [-0.1, -0.05) is 24.3 Å². The van der Waals surface area contributed by atoms with Crippen molar-refractivity contribution in [3.8, 4) is 17.2 Å². The average molecular weight is 397 g/mol. The van der Waals surface area contributed by atoms with Gasteiger partial charge in [-0.05, 0) is 49.6 Å². The van der Waals surface area contributed by atoms with Gasteiger partial charge in [-0.2, -0.15) is 0 Å². The van der Waals surface area contributed by atoms with E-state index in [2.05, 4.69) is 17.4 Å². The largest absolute Gasteiger partial charge is 0.497 e. The first-order valence-corrected chi connectivity index (χ1v) is 10.0. The Morgan fingerprint density at radius 3 is 2.38 bits per heavy atom. The minimum Gasteiger partial charge on any atom is -0.497 e. The van der Waals surface area contributed by atoms with Gasteiger partial charge in [0, 0.05) is 25.2 Å². The van der Waals surface area contributed by atoms with Gasteiger partial charge in [0.25, 0.3) is 5.91 Å². The Morgan fingerprint density at radius 1 is 1.07 bits per heavy atom. The summed E-state index contributed by atoms with van der Waals surface area (Å²) in [4.78, 5) is 13.0. The zero-order chi connectivity index (χ0) is 20.3. The fourth-order valence-corrected chi connectivity index (χ4v) is 4.04. The van der Waals surface area contributed by atoms with E-state index in [0.29, 0.717) is 31.3 Å². The van der Waals surface area contributed by atoms with Crippen molar-refractivity contribution in [1.29, 1.82) is 0 Å². The summed E-state index contributed by atoms with van der Waals surface area (Å²) in [6.07, 6.45) is 0.647. The molecule has 2 aromatic carbocycles. The molecule has 1 N–H and O–H groups in total. The van der Waals surface area contributed by atoms with Gasteiger partial charge < -0.3 is 24.3 Å². The van der Waals surface area contributed by atoms with Crippen LogP contribution >= 0.6 is 0 Å². The molecule has 1 amide bonds. The van der Waals surface area contributed by atoms with E-state index in [1.54, 1.807) is 7.11 Å². The maximum absolute atomic E-state index is 13.0. The average Bonchev–Trinajstić information content (AvgIpc) is 2.77. The van der Waals surface area contributed by atoms with Crippen molar-refractivity contribution in [2.24, 2.45) is 0 Å². The molecule has 6 heteroatoms. The highest BCUT2D eigenvalue weighted by Gasteiger charge is 2.38. The van der Waals surface area contributed by atoms with Crippen molar-refractivity contribution in [2.75, 3.05) is 26.9 Å². The second-order valence-electron chi connectivity index (χ2n) is 7.65. The predicted molar refractivity (Wildman–Crippen MR) is 109 cm³/mol. The summed E-state index contributed by atoms with van der Waals surface area (Å²) in [5.41, 5.74) is 1.01. The minimum atomic E-state index is -0.683. The number of rotatable bonds is 5. The predicted octanol–water partition coefficient (Wildman–Crippen LogP) is 3.09. The van der Waals surface area contributed by atoms with Crippen molar-refractivity contribution >= 4 is 5.91 Å². The van der Waals surface area contributed by atoms with Gasteiger partial charge in [0.05, 0.1) is 7.11 Å². The van der Waals surface area contributed by atoms with Crippen molar-refractivity contribution < 1.29 is 23.7 Å². The molecule has 2 atom stereocenters. The Labute approximate surface area is 171 Å². The fourth-order valence-electron chi connectivity index (χ4n) is 4.04. The molecule has 2 aliphatic heterocycles. The molecular formula is C23H27NO5. The highest BCUT2D eigenvalue weighted by Crippen LogP contribution is 2.36. The molecule has 0 unspecified atom stereocenters. The third kappa shape index (κ3) is 4.03. The molecule has 0 saturated carbocycles. The lowest BCUT2D eigenvalue weighted by Crippen LogP contribution is -2.52. The van der Waals surface area contributed by atoms with Crippen LogP contribution in [0.5, 0.6) is 17.2 Å². The summed E-state index contributed by atoms with van der Waals surface area (Å²) in [7, 11) is 1.66. The molecule has 2 aliphatic rings. The molecule has 0 bridgehead atoms. The number of carbonyl (C=O) groups is 1. The summed E-state index contributed by atoms with van der Waals surface area (Å²) < 4.78 is 22.7. The molecule has 1 fully saturated rings. The van der Waals surface area contributed by atoms with E-state index in [1.807, 2.05) is 43.3 Å². The molecule has 0 aliphatic carbocycles. The molecule has 0 aromatic heterocycles. The zero-order valence-electron chi connectivity index (χ0n) is 16.9. The van der Waals surface area contributed by atoms with E-state index in [9.17, 15) is 4.79 Å². The Balaban J connectivity index is 1.48. The minimum absolute atomic E-state index is 0.161. The van der Waals surface area contributed by atoms with Crippen molar-refractivity contribution in [3.63, 3.8) is 0 Å². The SMILES string of the molecule is COc1ccc(C2(CNC(=O)[C@@H]3Oc4ccccc4O[C@H]3C)CCOCC2)cc1. The molecule has 29 heavy (non-hydrogen) atoms. The molecule has 0 radical (unpaired) electrons. The number of methoxy groups -OCH3 is 1. The summed E-state index contributed by atoms with van der Waals surface area (Å²) >= 11 is 0. The fraction of sp³-hybridized carbons (Fsp3) is 0.435. The third-order valence-electron chi connectivity index (χ3n) is 5.85. The number of amides is 1. The van der Waals surface area contributed by atoms with Crippen LogP contribution in [0.2, 0.25) is 0 Å². The van der Waals surface area contributed by atoms with Crippen LogP contribution in [-0.2, 0) is 14.9 Å². The van der Waals surface area contributed by atoms with E-state index >= 15 is 0 Å². The van der Waals surface area contributed by atoms with Crippen LogP contribution in [-0.4, -0.2) is 45.0 Å². The number of benzene rings is 2. The zero-order valence-corrected chi connectivity index (χ0v) is 16.9. The van der Waals surface area contributed by atoms with Crippen LogP contribution in [0.1, 0.15) is 25.3 Å². The first-order chi connectivity index (χ1) is 14.1. The van der Waals surface area contributed by atoms with Crippen LogP contribution in [0.15, 0.2) is 48.5 Å². The van der Waals surface area contributed by atoms with Gasteiger partial charge in [0.15, 0.2) is 11.5 Å². The van der Waals surface area contributed by atoms with Gasteiger partial charge in [-0.25, -0.2) is 0 Å². The number of hydrogen-bond donors (Lipinski definition) is 1. The van der Waals surface area contributed by atoms with Crippen LogP contribution in [0.4, 0.5) is 0 Å². The van der Waals surface area contributed by atoms with Crippen molar-refractivity contribution in [3.05, 3.63) is 54.1 Å². The first kappa shape index (κ1) is 19.6. The molecule has 4 rings (SSSR count). The maximum atomic E-state index is 13.0. The van der Waals surface area contributed by atoms with Crippen LogP contribution in [0.3, 0.4) is 0 Å². The van der Waals surface area contributed by atoms with Crippen LogP contribution < -0.4 is 19.5 Å². The molecular weight excluding hydrogens is 370 g/mol. The van der Waals surface area contributed by atoms with Gasteiger partial charge in [-0.3, -0.25) is 4.79 Å². The summed E-state index contributed by atoms with van der Waals surface area (Å²) in [6.45, 7) is 3.73. The van der Waals surface area contributed by atoms with Gasteiger partial charge >= 0.3 is 0 Å². The lowest BCUT2D eigenvalue weighted by atomic mass is 9.74. The van der Waals surface area contributed by atoms with Gasteiger partial charge in [-0.15, -0.1) is 0 Å². The number of nitrogens with one attached hydrogen (secondary N) is 1. The van der Waals surface area contributed by atoms with E-state index in [-0.39, 0.29) is 17.4 Å². The second kappa shape index (κ2) is 8.33. The smallest absolute Gasteiger partial charge is 0.265 e. The maximum Gasteiger partial charge on any atom is 0.265 e. The van der Waals surface area contributed by atoms with Crippen LogP contribution in [0, 0.1) is 0 Å². The number of carbonyl (C=O) groups excluding carboxylic acids is 1. The Bertz CT molecular complexity index is 845. The third-order valence-corrected chi connectivity index (χ3v) is 5.85. The van der Waals surface area contributed by atoms with E-state index in [1.165, 1.54) is 5.56 Å². The van der Waals surface area contributed by atoms with Gasteiger partial charge in [0.1, 0.15) is 11.9 Å². The highest BCUT2D eigenvalue weighted by molar-refractivity contribution is 5.82. The lowest BCUT2D eigenvalue weighted by molar-refractivity contribution is -0.133. The summed E-state index contributed by atoms with van der Waals surface area (Å²) in [5.74, 6) is 1.93. The Kier molecular flexibility index (Phi) is 5.62. The molecule has 1 saturated heterocycles. The molecule has 2 heterocycles. The molecule has 154 valence electrons. The van der Waals surface area contributed by atoms with E-state index < -0.39 is 6.10 Å². The van der Waals surface area contributed by atoms with Crippen molar-refractivity contribution in [1.82, 2.24) is 5.32 Å². The first-order valence-electron chi connectivity index (χ1n) is 10.0. The number of hydrogen-bond acceptors (Lipinski definition) is 5. The molecule has 0 spiro atoms.